The normalized spacial score (nSPS) is 16.7. The highest BCUT2D eigenvalue weighted by Gasteiger charge is 2.18. The molecule has 1 aromatic rings. The third kappa shape index (κ3) is 3.49. The van der Waals surface area contributed by atoms with Gasteiger partial charge in [0.1, 0.15) is 0 Å². The average Bonchev–Trinajstić information content (AvgIpc) is 2.88. The second-order valence-corrected chi connectivity index (χ2v) is 6.30. The molecule has 1 aliphatic carbocycles. The lowest BCUT2D eigenvalue weighted by molar-refractivity contribution is 0.578. The van der Waals surface area contributed by atoms with Gasteiger partial charge in [-0.05, 0) is 72.5 Å². The van der Waals surface area contributed by atoms with Crippen LogP contribution in [0.1, 0.15) is 44.2 Å². The quantitative estimate of drug-likeness (QED) is 0.558. The van der Waals surface area contributed by atoms with Gasteiger partial charge in [0.2, 0.25) is 0 Å². The lowest BCUT2D eigenvalue weighted by Crippen LogP contribution is -2.23. The second kappa shape index (κ2) is 6.92. The van der Waals surface area contributed by atoms with Crippen LogP contribution in [0.15, 0.2) is 29.8 Å². The van der Waals surface area contributed by atoms with Gasteiger partial charge in [-0.1, -0.05) is 36.2 Å². The first kappa shape index (κ1) is 14.4. The van der Waals surface area contributed by atoms with E-state index in [4.69, 9.17) is 11.6 Å². The molecule has 98 valence electrons. The van der Waals surface area contributed by atoms with Crippen LogP contribution in [0.25, 0.3) is 0 Å². The number of benzene rings is 1. The van der Waals surface area contributed by atoms with Gasteiger partial charge in [0.05, 0.1) is 11.1 Å². The molecule has 0 saturated carbocycles. The average molecular weight is 376 g/mol. The van der Waals surface area contributed by atoms with Crippen molar-refractivity contribution in [3.8, 4) is 0 Å². The highest BCUT2D eigenvalue weighted by atomic mass is 127. The number of halogens is 2. The van der Waals surface area contributed by atoms with Gasteiger partial charge in [0.15, 0.2) is 0 Å². The summed E-state index contributed by atoms with van der Waals surface area (Å²) in [4.78, 5) is 0. The fraction of sp³-hybridized carbons (Fsp3) is 0.467. The first-order chi connectivity index (χ1) is 8.72. The largest absolute Gasteiger partial charge is 0.307 e. The van der Waals surface area contributed by atoms with Crippen LogP contribution >= 0.6 is 34.2 Å². The number of hydrogen-bond acceptors (Lipinski definition) is 1. The lowest BCUT2D eigenvalue weighted by Gasteiger charge is -2.21. The first-order valence-corrected chi connectivity index (χ1v) is 8.05. The van der Waals surface area contributed by atoms with Gasteiger partial charge in [0.25, 0.3) is 0 Å². The van der Waals surface area contributed by atoms with E-state index in [1.165, 1.54) is 30.4 Å². The van der Waals surface area contributed by atoms with Crippen LogP contribution in [-0.2, 0) is 0 Å². The molecule has 0 amide bonds. The summed E-state index contributed by atoms with van der Waals surface area (Å²) in [6.45, 7) is 3.25. The zero-order valence-electron chi connectivity index (χ0n) is 10.7. The summed E-state index contributed by atoms with van der Waals surface area (Å²) < 4.78 is 1.12. The summed E-state index contributed by atoms with van der Waals surface area (Å²) in [7, 11) is 0. The molecule has 1 aromatic carbocycles. The molecule has 1 unspecified atom stereocenters. The van der Waals surface area contributed by atoms with Crippen LogP contribution < -0.4 is 5.32 Å². The Kier molecular flexibility index (Phi) is 5.52. The van der Waals surface area contributed by atoms with Crippen LogP contribution in [0.4, 0.5) is 0 Å². The number of rotatable bonds is 5. The molecule has 1 atom stereocenters. The van der Waals surface area contributed by atoms with Crippen molar-refractivity contribution in [2.24, 2.45) is 0 Å². The van der Waals surface area contributed by atoms with Crippen molar-refractivity contribution in [2.75, 3.05) is 6.54 Å². The van der Waals surface area contributed by atoms with Crippen LogP contribution in [-0.4, -0.2) is 6.54 Å². The van der Waals surface area contributed by atoms with Crippen molar-refractivity contribution in [1.29, 1.82) is 0 Å². The van der Waals surface area contributed by atoms with E-state index >= 15 is 0 Å². The van der Waals surface area contributed by atoms with Crippen LogP contribution in [0.5, 0.6) is 0 Å². The SMILES string of the molecule is CCCNC(C1=CCCC1)c1ccc(I)c(Cl)c1. The second-order valence-electron chi connectivity index (χ2n) is 4.73. The Bertz CT molecular complexity index is 442. The number of hydrogen-bond donors (Lipinski definition) is 1. The van der Waals surface area contributed by atoms with E-state index in [0.717, 1.165) is 21.6 Å². The molecule has 1 nitrogen and oxygen atoms in total. The molecule has 1 aliphatic rings. The van der Waals surface area contributed by atoms with Crippen molar-refractivity contribution in [3.63, 3.8) is 0 Å². The predicted octanol–water partition coefficient (Wildman–Crippen LogP) is 5.10. The zero-order chi connectivity index (χ0) is 13.0. The number of allylic oxidation sites excluding steroid dienone is 1. The van der Waals surface area contributed by atoms with Crippen LogP contribution in [0, 0.1) is 3.57 Å². The molecule has 18 heavy (non-hydrogen) atoms. The van der Waals surface area contributed by atoms with Crippen molar-refractivity contribution >= 4 is 34.2 Å². The van der Waals surface area contributed by atoms with Crippen LogP contribution in [0.3, 0.4) is 0 Å². The van der Waals surface area contributed by atoms with Gasteiger partial charge in [-0.3, -0.25) is 0 Å². The molecule has 0 fully saturated rings. The van der Waals surface area contributed by atoms with Crippen molar-refractivity contribution in [3.05, 3.63) is 44.0 Å². The van der Waals surface area contributed by atoms with Gasteiger partial charge in [-0.25, -0.2) is 0 Å². The first-order valence-electron chi connectivity index (χ1n) is 6.59. The third-order valence-corrected chi connectivity index (χ3v) is 4.89. The maximum Gasteiger partial charge on any atom is 0.0542 e. The minimum absolute atomic E-state index is 0.349. The standard InChI is InChI=1S/C15H19ClIN/c1-2-9-18-15(11-5-3-4-6-11)12-7-8-14(17)13(16)10-12/h5,7-8,10,15,18H,2-4,6,9H2,1H3. The predicted molar refractivity (Wildman–Crippen MR) is 87.1 cm³/mol. The smallest absolute Gasteiger partial charge is 0.0542 e. The van der Waals surface area contributed by atoms with E-state index in [2.05, 4.69) is 59.1 Å². The topological polar surface area (TPSA) is 12.0 Å². The maximum atomic E-state index is 6.24. The Morgan fingerprint density at radius 1 is 1.44 bits per heavy atom. The molecule has 0 heterocycles. The molecular weight excluding hydrogens is 357 g/mol. The Morgan fingerprint density at radius 2 is 2.28 bits per heavy atom. The molecule has 0 radical (unpaired) electrons. The molecule has 1 N–H and O–H groups in total. The van der Waals surface area contributed by atoms with Crippen molar-refractivity contribution in [2.45, 2.75) is 38.6 Å². The fourth-order valence-corrected chi connectivity index (χ4v) is 2.93. The fourth-order valence-electron chi connectivity index (χ4n) is 2.40. The Balaban J connectivity index is 2.23. The highest BCUT2D eigenvalue weighted by molar-refractivity contribution is 14.1. The van der Waals surface area contributed by atoms with E-state index in [-0.39, 0.29) is 0 Å². The molecular formula is C15H19ClIN. The highest BCUT2D eigenvalue weighted by Crippen LogP contribution is 2.32. The summed E-state index contributed by atoms with van der Waals surface area (Å²) in [6.07, 6.45) is 7.27. The molecule has 0 bridgehead atoms. The molecule has 0 spiro atoms. The monoisotopic (exact) mass is 375 g/mol. The van der Waals surface area contributed by atoms with E-state index in [1.54, 1.807) is 0 Å². The van der Waals surface area contributed by atoms with E-state index in [9.17, 15) is 0 Å². The summed E-state index contributed by atoms with van der Waals surface area (Å²) in [6, 6.07) is 6.76. The van der Waals surface area contributed by atoms with Gasteiger partial charge in [-0.2, -0.15) is 0 Å². The Morgan fingerprint density at radius 3 is 2.89 bits per heavy atom. The lowest BCUT2D eigenvalue weighted by atomic mass is 9.98. The minimum atomic E-state index is 0.349. The molecule has 3 heteroatoms. The third-order valence-electron chi connectivity index (χ3n) is 3.32. The Labute approximate surface area is 128 Å². The van der Waals surface area contributed by atoms with E-state index in [1.807, 2.05) is 0 Å². The van der Waals surface area contributed by atoms with Gasteiger partial charge < -0.3 is 5.32 Å². The van der Waals surface area contributed by atoms with E-state index < -0.39 is 0 Å². The van der Waals surface area contributed by atoms with Gasteiger partial charge >= 0.3 is 0 Å². The molecule has 2 rings (SSSR count). The molecule has 0 aliphatic heterocycles. The van der Waals surface area contributed by atoms with Gasteiger partial charge in [0, 0.05) is 3.57 Å². The van der Waals surface area contributed by atoms with Crippen molar-refractivity contribution in [1.82, 2.24) is 5.32 Å². The minimum Gasteiger partial charge on any atom is -0.307 e. The number of nitrogens with one attached hydrogen (secondary N) is 1. The summed E-state index contributed by atoms with van der Waals surface area (Å²) >= 11 is 8.52. The van der Waals surface area contributed by atoms with Gasteiger partial charge in [-0.15, -0.1) is 0 Å². The molecule has 0 aromatic heterocycles. The molecule has 0 saturated heterocycles. The van der Waals surface area contributed by atoms with Crippen LogP contribution in [0.2, 0.25) is 5.02 Å². The maximum absolute atomic E-state index is 6.24. The zero-order valence-corrected chi connectivity index (χ0v) is 13.6. The summed E-state index contributed by atoms with van der Waals surface area (Å²) in [5.74, 6) is 0. The summed E-state index contributed by atoms with van der Waals surface area (Å²) in [5.41, 5.74) is 2.82. The van der Waals surface area contributed by atoms with E-state index in [0.29, 0.717) is 6.04 Å². The Hall–Kier alpha value is -0.0600. The summed E-state index contributed by atoms with van der Waals surface area (Å²) in [5, 5.41) is 4.50. The van der Waals surface area contributed by atoms with Crippen molar-refractivity contribution < 1.29 is 0 Å².